The first-order valence-electron chi connectivity index (χ1n) is 4.54. The zero-order valence-corrected chi connectivity index (χ0v) is 8.78. The van der Waals surface area contributed by atoms with E-state index in [0.717, 1.165) is 23.5 Å². The molecule has 2 rings (SSSR count). The van der Waals surface area contributed by atoms with Gasteiger partial charge in [0.2, 0.25) is 0 Å². The van der Waals surface area contributed by atoms with Crippen molar-refractivity contribution in [3.05, 3.63) is 16.1 Å². The summed E-state index contributed by atoms with van der Waals surface area (Å²) in [5.74, 6) is 0.363. The Bertz CT molecular complexity index is 338. The van der Waals surface area contributed by atoms with Crippen LogP contribution in [0.4, 0.5) is 0 Å². The maximum absolute atomic E-state index is 11.7. The molecule has 1 saturated carbocycles. The summed E-state index contributed by atoms with van der Waals surface area (Å²) in [6.45, 7) is 4.01. The molecule has 1 fully saturated rings. The van der Waals surface area contributed by atoms with Gasteiger partial charge in [-0.25, -0.2) is 4.98 Å². The smallest absolute Gasteiger partial charge is 0.145 e. The predicted molar refractivity (Wildman–Crippen MR) is 52.9 cm³/mol. The molecule has 0 saturated heterocycles. The fourth-order valence-electron chi connectivity index (χ4n) is 1.30. The maximum Gasteiger partial charge on any atom is 0.145 e. The lowest BCUT2D eigenvalue weighted by atomic mass is 10.0. The van der Waals surface area contributed by atoms with Gasteiger partial charge in [-0.3, -0.25) is 4.79 Å². The number of rotatable bonds is 3. The summed E-state index contributed by atoms with van der Waals surface area (Å²) in [5.41, 5.74) is 1.02. The summed E-state index contributed by atoms with van der Waals surface area (Å²) >= 11 is 1.59. The van der Waals surface area contributed by atoms with Crippen molar-refractivity contribution in [3.63, 3.8) is 0 Å². The molecule has 1 aliphatic carbocycles. The molecule has 0 aliphatic heterocycles. The summed E-state index contributed by atoms with van der Waals surface area (Å²) in [6.07, 6.45) is 2.67. The zero-order valence-electron chi connectivity index (χ0n) is 7.96. The van der Waals surface area contributed by atoms with E-state index in [1.54, 1.807) is 11.3 Å². The standard InChI is InChI=1S/C10H13NOS/c1-7-6-13-9(11-7)5-8(12)10(2)3-4-10/h6H,3-5H2,1-2H3. The summed E-state index contributed by atoms with van der Waals surface area (Å²) < 4.78 is 0. The van der Waals surface area contributed by atoms with Gasteiger partial charge < -0.3 is 0 Å². The summed E-state index contributed by atoms with van der Waals surface area (Å²) in [5, 5.41) is 2.97. The Balaban J connectivity index is 2.02. The Morgan fingerprint density at radius 1 is 1.69 bits per heavy atom. The minimum atomic E-state index is -0.000422. The third-order valence-electron chi connectivity index (χ3n) is 2.65. The van der Waals surface area contributed by atoms with Gasteiger partial charge in [-0.15, -0.1) is 11.3 Å². The number of nitrogens with zero attached hydrogens (tertiary/aromatic N) is 1. The zero-order chi connectivity index (χ0) is 9.47. The lowest BCUT2D eigenvalue weighted by Gasteiger charge is -2.03. The molecule has 0 N–H and O–H groups in total. The SMILES string of the molecule is Cc1csc(CC(=O)C2(C)CC2)n1. The lowest BCUT2D eigenvalue weighted by Crippen LogP contribution is -2.14. The van der Waals surface area contributed by atoms with E-state index in [9.17, 15) is 4.79 Å². The van der Waals surface area contributed by atoms with Crippen LogP contribution in [0.25, 0.3) is 0 Å². The van der Waals surface area contributed by atoms with Crippen LogP contribution >= 0.6 is 11.3 Å². The Kier molecular flexibility index (Phi) is 1.99. The molecule has 3 heteroatoms. The molecular formula is C10H13NOS. The van der Waals surface area contributed by atoms with Gasteiger partial charge in [0.05, 0.1) is 6.42 Å². The van der Waals surface area contributed by atoms with Crippen LogP contribution in [0.3, 0.4) is 0 Å². The molecule has 0 bridgehead atoms. The molecule has 1 heterocycles. The third-order valence-corrected chi connectivity index (χ3v) is 3.62. The normalized spacial score (nSPS) is 18.6. The van der Waals surface area contributed by atoms with Crippen LogP contribution in [-0.4, -0.2) is 10.8 Å². The number of thiazole rings is 1. The van der Waals surface area contributed by atoms with Crippen molar-refractivity contribution in [1.82, 2.24) is 4.98 Å². The molecule has 0 amide bonds. The Morgan fingerprint density at radius 2 is 2.38 bits per heavy atom. The predicted octanol–water partition coefficient (Wildman–Crippen LogP) is 2.36. The van der Waals surface area contributed by atoms with Crippen molar-refractivity contribution in [1.29, 1.82) is 0 Å². The summed E-state index contributed by atoms with van der Waals surface area (Å²) in [4.78, 5) is 16.0. The highest BCUT2D eigenvalue weighted by molar-refractivity contribution is 7.09. The fourth-order valence-corrected chi connectivity index (χ4v) is 2.07. The first kappa shape index (κ1) is 8.88. The molecule has 0 spiro atoms. The second kappa shape index (κ2) is 2.91. The monoisotopic (exact) mass is 195 g/mol. The van der Waals surface area contributed by atoms with Crippen LogP contribution in [0.2, 0.25) is 0 Å². The molecule has 1 aliphatic rings. The van der Waals surface area contributed by atoms with Gasteiger partial charge in [-0.05, 0) is 19.8 Å². The topological polar surface area (TPSA) is 30.0 Å². The highest BCUT2D eigenvalue weighted by Gasteiger charge is 2.44. The van der Waals surface area contributed by atoms with Crippen molar-refractivity contribution in [2.24, 2.45) is 5.41 Å². The van der Waals surface area contributed by atoms with E-state index in [4.69, 9.17) is 0 Å². The summed E-state index contributed by atoms with van der Waals surface area (Å²) in [6, 6.07) is 0. The number of carbonyl (C=O) groups excluding carboxylic acids is 1. The van der Waals surface area contributed by atoms with Gasteiger partial charge in [0.25, 0.3) is 0 Å². The van der Waals surface area contributed by atoms with Crippen LogP contribution in [0.5, 0.6) is 0 Å². The minimum absolute atomic E-state index is 0.000422. The van der Waals surface area contributed by atoms with E-state index in [1.165, 1.54) is 0 Å². The molecule has 0 radical (unpaired) electrons. The van der Waals surface area contributed by atoms with Gasteiger partial charge in [0, 0.05) is 16.5 Å². The van der Waals surface area contributed by atoms with E-state index in [2.05, 4.69) is 11.9 Å². The van der Waals surface area contributed by atoms with E-state index in [-0.39, 0.29) is 5.41 Å². The highest BCUT2D eigenvalue weighted by atomic mass is 32.1. The second-order valence-electron chi connectivity index (χ2n) is 4.04. The number of hydrogen-bond donors (Lipinski definition) is 0. The van der Waals surface area contributed by atoms with Crippen LogP contribution in [0.1, 0.15) is 30.5 Å². The van der Waals surface area contributed by atoms with Crippen LogP contribution in [0, 0.1) is 12.3 Å². The number of hydrogen-bond acceptors (Lipinski definition) is 3. The van der Waals surface area contributed by atoms with Crippen molar-refractivity contribution in [2.45, 2.75) is 33.1 Å². The summed E-state index contributed by atoms with van der Waals surface area (Å²) in [7, 11) is 0. The van der Waals surface area contributed by atoms with Crippen molar-refractivity contribution in [3.8, 4) is 0 Å². The van der Waals surface area contributed by atoms with E-state index < -0.39 is 0 Å². The first-order chi connectivity index (χ1) is 6.10. The Hall–Kier alpha value is -0.700. The molecular weight excluding hydrogens is 182 g/mol. The minimum Gasteiger partial charge on any atom is -0.299 e. The number of Topliss-reactive ketones (excluding diaryl/α,β-unsaturated/α-hetero) is 1. The average molecular weight is 195 g/mol. The molecule has 1 aromatic rings. The van der Waals surface area contributed by atoms with Crippen molar-refractivity contribution < 1.29 is 4.79 Å². The molecule has 13 heavy (non-hydrogen) atoms. The number of aryl methyl sites for hydroxylation is 1. The van der Waals surface area contributed by atoms with E-state index in [0.29, 0.717) is 12.2 Å². The molecule has 2 nitrogen and oxygen atoms in total. The molecule has 0 atom stereocenters. The van der Waals surface area contributed by atoms with Gasteiger partial charge in [0.15, 0.2) is 0 Å². The van der Waals surface area contributed by atoms with Gasteiger partial charge in [-0.2, -0.15) is 0 Å². The van der Waals surface area contributed by atoms with Crippen molar-refractivity contribution in [2.75, 3.05) is 0 Å². The van der Waals surface area contributed by atoms with Gasteiger partial charge in [0.1, 0.15) is 10.8 Å². The number of carbonyl (C=O) groups is 1. The van der Waals surface area contributed by atoms with E-state index in [1.807, 2.05) is 12.3 Å². The van der Waals surface area contributed by atoms with Crippen LogP contribution in [-0.2, 0) is 11.2 Å². The maximum atomic E-state index is 11.7. The first-order valence-corrected chi connectivity index (χ1v) is 5.42. The lowest BCUT2D eigenvalue weighted by molar-refractivity contribution is -0.122. The Morgan fingerprint density at radius 3 is 2.85 bits per heavy atom. The Labute approximate surface area is 82.0 Å². The average Bonchev–Trinajstić information content (AvgIpc) is 2.69. The molecule has 70 valence electrons. The molecule has 0 aromatic carbocycles. The second-order valence-corrected chi connectivity index (χ2v) is 4.99. The fraction of sp³-hybridized carbons (Fsp3) is 0.600. The highest BCUT2D eigenvalue weighted by Crippen LogP contribution is 2.46. The largest absolute Gasteiger partial charge is 0.299 e. The number of ketones is 1. The molecule has 1 aromatic heterocycles. The third kappa shape index (κ3) is 1.80. The van der Waals surface area contributed by atoms with Crippen LogP contribution < -0.4 is 0 Å². The van der Waals surface area contributed by atoms with E-state index >= 15 is 0 Å². The van der Waals surface area contributed by atoms with Gasteiger partial charge in [-0.1, -0.05) is 6.92 Å². The van der Waals surface area contributed by atoms with Crippen molar-refractivity contribution >= 4 is 17.1 Å². The van der Waals surface area contributed by atoms with Crippen LogP contribution in [0.15, 0.2) is 5.38 Å². The quantitative estimate of drug-likeness (QED) is 0.741. The van der Waals surface area contributed by atoms with Gasteiger partial charge >= 0.3 is 0 Å². The number of aromatic nitrogens is 1. The molecule has 0 unspecified atom stereocenters.